The van der Waals surface area contributed by atoms with E-state index in [9.17, 15) is 29.4 Å². The van der Waals surface area contributed by atoms with Crippen molar-refractivity contribution in [2.75, 3.05) is 25.0 Å². The highest BCUT2D eigenvalue weighted by Gasteiger charge is 2.60. The van der Waals surface area contributed by atoms with E-state index in [0.717, 1.165) is 49.6 Å². The minimum Gasteiger partial charge on any atom is -0.481 e. The molecule has 0 saturated carbocycles. The number of aliphatic carboxylic acids is 2. The van der Waals surface area contributed by atoms with Crippen LogP contribution in [0.25, 0.3) is 32.7 Å². The van der Waals surface area contributed by atoms with Gasteiger partial charge in [0.05, 0.1) is 37.3 Å². The van der Waals surface area contributed by atoms with Gasteiger partial charge in [0.1, 0.15) is 17.5 Å². The Morgan fingerprint density at radius 3 is 1.90 bits per heavy atom. The fourth-order valence-corrected chi connectivity index (χ4v) is 12.0. The predicted molar refractivity (Wildman–Crippen MR) is 282 cm³/mol. The van der Waals surface area contributed by atoms with E-state index in [1.165, 1.54) is 11.1 Å². The van der Waals surface area contributed by atoms with Crippen LogP contribution in [-0.2, 0) is 25.2 Å². The van der Waals surface area contributed by atoms with E-state index in [1.807, 2.05) is 95.9 Å². The molecule has 5 unspecified atom stereocenters. The van der Waals surface area contributed by atoms with Gasteiger partial charge in [-0.3, -0.25) is 23.7 Å². The summed E-state index contributed by atoms with van der Waals surface area (Å²) in [6.07, 6.45) is 9.93. The van der Waals surface area contributed by atoms with Gasteiger partial charge in [-0.1, -0.05) is 165 Å². The fraction of sp³-hybridized carbons (Fsp3) is 0.226. The number of benzene rings is 7. The lowest BCUT2D eigenvalue weighted by Gasteiger charge is -2.42. The number of carboxylic acid groups (broad SMARTS) is 2. The molecule has 2 aliphatic rings. The highest BCUT2D eigenvalue weighted by Crippen LogP contribution is 2.61. The Bertz CT molecular complexity index is 3230. The second kappa shape index (κ2) is 19.4. The second-order valence-electron chi connectivity index (χ2n) is 19.5. The van der Waals surface area contributed by atoms with Crippen LogP contribution in [-0.4, -0.2) is 59.9 Å². The lowest BCUT2D eigenvalue weighted by Crippen LogP contribution is -2.57. The molecule has 2 aliphatic heterocycles. The maximum absolute atomic E-state index is 14.5. The highest BCUT2D eigenvalue weighted by molar-refractivity contribution is 6.16. The molecule has 7 aromatic rings. The van der Waals surface area contributed by atoms with Crippen molar-refractivity contribution in [2.45, 2.75) is 69.2 Å². The first-order valence-electron chi connectivity index (χ1n) is 24.2. The van der Waals surface area contributed by atoms with Crippen molar-refractivity contribution in [1.29, 1.82) is 0 Å². The number of carbonyl (C=O) groups excluding carboxylic acids is 2. The molecule has 2 N–H and O–H groups in total. The lowest BCUT2D eigenvalue weighted by molar-refractivity contribution is -0.138. The van der Waals surface area contributed by atoms with Crippen LogP contribution in [0.5, 0.6) is 0 Å². The van der Waals surface area contributed by atoms with E-state index in [0.29, 0.717) is 22.3 Å². The Labute approximate surface area is 410 Å². The molecule has 0 aliphatic carbocycles. The number of allylic oxidation sites excluding steroid dienone is 5. The fourth-order valence-electron chi connectivity index (χ4n) is 12.0. The lowest BCUT2D eigenvalue weighted by atomic mass is 9.65. The molecule has 0 bridgehead atoms. The van der Waals surface area contributed by atoms with Gasteiger partial charge in [-0.15, -0.1) is 0 Å². The number of likely N-dealkylation sites (N-methyl/N-ethyl adjacent to an activating group) is 1. The van der Waals surface area contributed by atoms with Gasteiger partial charge in [0, 0.05) is 47.3 Å². The summed E-state index contributed by atoms with van der Waals surface area (Å²) in [5, 5.41) is 24.9. The molecule has 5 atom stereocenters. The molecule has 8 nitrogen and oxygen atoms in total. The zero-order chi connectivity index (χ0) is 49.2. The van der Waals surface area contributed by atoms with Crippen LogP contribution in [0.15, 0.2) is 194 Å². The molecule has 70 heavy (non-hydrogen) atoms. The smallest absolute Gasteiger partial charge is 0.309 e. The van der Waals surface area contributed by atoms with Crippen molar-refractivity contribution in [2.24, 2.45) is 0 Å². The second-order valence-corrected chi connectivity index (χ2v) is 19.5. The van der Waals surface area contributed by atoms with Gasteiger partial charge in [0.15, 0.2) is 5.78 Å². The van der Waals surface area contributed by atoms with Crippen molar-refractivity contribution in [3.05, 3.63) is 216 Å². The van der Waals surface area contributed by atoms with Gasteiger partial charge in [-0.05, 0) is 88.5 Å². The van der Waals surface area contributed by atoms with Crippen LogP contribution in [0.3, 0.4) is 0 Å². The number of ketones is 2. The Balaban J connectivity index is 1.22. The van der Waals surface area contributed by atoms with E-state index < -0.39 is 22.8 Å². The zero-order valence-electron chi connectivity index (χ0n) is 40.2. The van der Waals surface area contributed by atoms with Crippen LogP contribution in [0.2, 0.25) is 0 Å². The number of Topliss-reactive ketones (excluding diaryl/α,β-unsaturated/α-hetero) is 2. The van der Waals surface area contributed by atoms with Crippen molar-refractivity contribution in [3.63, 3.8) is 0 Å². The molecule has 0 radical (unpaired) electrons. The minimum absolute atomic E-state index is 0.00236. The van der Waals surface area contributed by atoms with E-state index >= 15 is 0 Å². The predicted octanol–water partition coefficient (Wildman–Crippen LogP) is 13.0. The summed E-state index contributed by atoms with van der Waals surface area (Å²) in [4.78, 5) is 55.0. The summed E-state index contributed by atoms with van der Waals surface area (Å²) in [5.41, 5.74) is 6.54. The first-order valence-corrected chi connectivity index (χ1v) is 24.2. The molecule has 8 heteroatoms. The largest absolute Gasteiger partial charge is 0.481 e. The Morgan fingerprint density at radius 2 is 1.26 bits per heavy atom. The van der Waals surface area contributed by atoms with Crippen LogP contribution in [0.4, 0.5) is 11.4 Å². The quantitative estimate of drug-likeness (QED) is 0.0405. The van der Waals surface area contributed by atoms with E-state index in [1.54, 1.807) is 19.1 Å². The summed E-state index contributed by atoms with van der Waals surface area (Å²) >= 11 is 0. The van der Waals surface area contributed by atoms with Gasteiger partial charge >= 0.3 is 11.9 Å². The van der Waals surface area contributed by atoms with E-state index in [2.05, 4.69) is 106 Å². The summed E-state index contributed by atoms with van der Waals surface area (Å²) in [5.74, 6) is -2.04. The minimum atomic E-state index is -1.13. The number of hydrogen-bond donors (Lipinski definition) is 2. The molecular formula is C62H59N2O6+. The topological polar surface area (TPSA) is 112 Å². The molecule has 0 saturated heterocycles. The Morgan fingerprint density at radius 1 is 0.671 bits per heavy atom. The normalized spacial score (nSPS) is 21.7. The van der Waals surface area contributed by atoms with Crippen LogP contribution in [0.1, 0.15) is 79.4 Å². The molecule has 7 aromatic carbocycles. The van der Waals surface area contributed by atoms with Crippen molar-refractivity contribution in [1.82, 2.24) is 4.48 Å². The van der Waals surface area contributed by atoms with Crippen LogP contribution < -0.4 is 9.38 Å². The zero-order valence-corrected chi connectivity index (χ0v) is 40.2. The standard InChI is InChI=1S/C62H58N2O6/c1-42(65)40-62(41-54(66)46-25-13-7-14-26-46)52-39-47(45-23-11-6-12-24-45)33-34-53(52)63(37-35-57(67)68)55(62)31-15-8-16-32-56-61(3,43(2)44-21-9-5-10-22-44)59-50-29-19-17-27-48(50)49-28-18-20-30-51(49)60(59)64(56,4)38-36-58(69)70/h5-34,39,43,56H,35-38,40-41H2,1-4H3,(H-,67,68,69,70)/p+1/b15-8+,32-16+,55-31-. The number of anilines is 1. The monoisotopic (exact) mass is 927 g/mol. The summed E-state index contributed by atoms with van der Waals surface area (Å²) < 4.78 is 0.359. The van der Waals surface area contributed by atoms with Gasteiger partial charge < -0.3 is 15.1 Å². The van der Waals surface area contributed by atoms with E-state index in [4.69, 9.17) is 0 Å². The molecule has 352 valence electrons. The highest BCUT2D eigenvalue weighted by atomic mass is 16.4. The van der Waals surface area contributed by atoms with Gasteiger partial charge in [0.25, 0.3) is 0 Å². The average Bonchev–Trinajstić information content (AvgIpc) is 3.73. The first-order chi connectivity index (χ1) is 33.8. The Kier molecular flexibility index (Phi) is 13.1. The molecular weight excluding hydrogens is 869 g/mol. The van der Waals surface area contributed by atoms with Crippen molar-refractivity contribution < 1.29 is 29.4 Å². The first kappa shape index (κ1) is 47.4. The number of rotatable bonds is 17. The summed E-state index contributed by atoms with van der Waals surface area (Å²) in [6.45, 7) is 6.66. The third-order valence-electron chi connectivity index (χ3n) is 15.3. The Hall–Kier alpha value is -7.68. The third-order valence-corrected chi connectivity index (χ3v) is 15.3. The summed E-state index contributed by atoms with van der Waals surface area (Å²) in [6, 6.07) is 52.5. The molecule has 0 spiro atoms. The van der Waals surface area contributed by atoms with Crippen LogP contribution >= 0.6 is 0 Å². The molecule has 0 amide bonds. The maximum atomic E-state index is 14.5. The third kappa shape index (κ3) is 8.47. The number of hydrogen-bond acceptors (Lipinski definition) is 5. The summed E-state index contributed by atoms with van der Waals surface area (Å²) in [7, 11) is 2.19. The number of quaternary nitrogens is 1. The number of nitrogens with zero attached hydrogens (tertiary/aromatic N) is 2. The van der Waals surface area contributed by atoms with Crippen molar-refractivity contribution in [3.8, 4) is 11.1 Å². The van der Waals surface area contributed by atoms with E-state index in [-0.39, 0.29) is 55.8 Å². The SMILES string of the molecule is CC(=O)CC1(CC(=O)c2ccccc2)/C(=C/C=C/C=C/C2C(C)(C(C)c3ccccc3)c3c(c4ccccc4c4ccccc34)[N+]2(C)CCC(=O)O)N(CCC(=O)O)c2ccc(-c3ccccc3)cc21. The molecule has 0 fully saturated rings. The molecule has 0 aromatic heterocycles. The van der Waals surface area contributed by atoms with Gasteiger partial charge in [0.2, 0.25) is 0 Å². The molecule has 9 rings (SSSR count). The maximum Gasteiger partial charge on any atom is 0.309 e. The number of carboxylic acids is 2. The van der Waals surface area contributed by atoms with Crippen molar-refractivity contribution >= 4 is 56.4 Å². The molecule has 2 heterocycles. The van der Waals surface area contributed by atoms with Crippen LogP contribution in [0, 0.1) is 0 Å². The number of fused-ring (bicyclic) bond motifs is 7. The van der Waals surface area contributed by atoms with Gasteiger partial charge in [-0.25, -0.2) is 0 Å². The van der Waals surface area contributed by atoms with Gasteiger partial charge in [-0.2, -0.15) is 0 Å². The average molecular weight is 928 g/mol. The number of carbonyl (C=O) groups is 4.